The average molecular weight is 490 g/mol. The zero-order valence-corrected chi connectivity index (χ0v) is 22.1. The fourth-order valence-corrected chi connectivity index (χ4v) is 4.93. The molecule has 1 aliphatic heterocycles. The summed E-state index contributed by atoms with van der Waals surface area (Å²) >= 11 is 0. The molecule has 1 atom stereocenters. The van der Waals surface area contributed by atoms with Crippen LogP contribution in [0.15, 0.2) is 54.2 Å². The number of aliphatic hydroxyl groups is 1. The summed E-state index contributed by atoms with van der Waals surface area (Å²) in [5.41, 5.74) is 3.05. The Morgan fingerprint density at radius 3 is 2.44 bits per heavy atom. The Kier molecular flexibility index (Phi) is 6.71. The number of ketones is 1. The third-order valence-electron chi connectivity index (χ3n) is 6.83. The number of likely N-dealkylation sites (tertiary alicyclic amines) is 1. The van der Waals surface area contributed by atoms with Crippen LogP contribution in [-0.4, -0.2) is 65.5 Å². The maximum atomic E-state index is 13.5. The van der Waals surface area contributed by atoms with Crippen molar-refractivity contribution >= 4 is 28.4 Å². The van der Waals surface area contributed by atoms with Crippen LogP contribution in [0, 0.1) is 0 Å². The molecule has 2 aromatic carbocycles. The molecule has 1 aromatic heterocycles. The van der Waals surface area contributed by atoms with Gasteiger partial charge in [-0.05, 0) is 43.8 Å². The molecular formula is C29H35N3O4. The highest BCUT2D eigenvalue weighted by Crippen LogP contribution is 2.43. The number of hydrogen-bond donors (Lipinski definition) is 1. The number of fused-ring (bicyclic) bond motifs is 1. The number of carbonyl (C=O) groups is 2. The average Bonchev–Trinajstić information content (AvgIpc) is 3.29. The van der Waals surface area contributed by atoms with Crippen LogP contribution in [0.2, 0.25) is 0 Å². The maximum absolute atomic E-state index is 13.5. The van der Waals surface area contributed by atoms with Crippen molar-refractivity contribution < 1.29 is 19.4 Å². The van der Waals surface area contributed by atoms with Gasteiger partial charge in [0.1, 0.15) is 11.5 Å². The van der Waals surface area contributed by atoms with Crippen LogP contribution in [0.5, 0.6) is 5.75 Å². The molecule has 190 valence electrons. The number of carbonyl (C=O) groups excluding carboxylic acids is 2. The zero-order chi connectivity index (χ0) is 26.4. The summed E-state index contributed by atoms with van der Waals surface area (Å²) in [5, 5.41) is 12.5. The van der Waals surface area contributed by atoms with Gasteiger partial charge in [-0.1, -0.05) is 39.0 Å². The number of likely N-dealkylation sites (N-methyl/N-ethyl adjacent to an activating group) is 1. The molecule has 0 aliphatic carbocycles. The molecule has 0 saturated carbocycles. The molecule has 1 fully saturated rings. The van der Waals surface area contributed by atoms with Gasteiger partial charge < -0.3 is 24.2 Å². The number of methoxy groups -OCH3 is 1. The van der Waals surface area contributed by atoms with Gasteiger partial charge in [0.15, 0.2) is 0 Å². The first-order chi connectivity index (χ1) is 17.0. The highest BCUT2D eigenvalue weighted by Gasteiger charge is 2.47. The van der Waals surface area contributed by atoms with Crippen molar-refractivity contribution in [1.29, 1.82) is 0 Å². The lowest BCUT2D eigenvalue weighted by Gasteiger charge is -2.26. The minimum absolute atomic E-state index is 0.111. The van der Waals surface area contributed by atoms with Crippen molar-refractivity contribution in [3.63, 3.8) is 0 Å². The van der Waals surface area contributed by atoms with Crippen LogP contribution in [0.4, 0.5) is 0 Å². The van der Waals surface area contributed by atoms with Gasteiger partial charge in [0.2, 0.25) is 0 Å². The lowest BCUT2D eigenvalue weighted by molar-refractivity contribution is -0.140. The highest BCUT2D eigenvalue weighted by molar-refractivity contribution is 6.46. The Labute approximate surface area is 212 Å². The number of hydrogen-bond acceptors (Lipinski definition) is 5. The van der Waals surface area contributed by atoms with E-state index in [4.69, 9.17) is 4.74 Å². The van der Waals surface area contributed by atoms with E-state index < -0.39 is 17.7 Å². The van der Waals surface area contributed by atoms with Crippen LogP contribution < -0.4 is 4.74 Å². The number of nitrogens with zero attached hydrogens (tertiary/aromatic N) is 3. The minimum Gasteiger partial charge on any atom is -0.507 e. The van der Waals surface area contributed by atoms with E-state index in [1.165, 1.54) is 0 Å². The van der Waals surface area contributed by atoms with E-state index in [0.29, 0.717) is 24.4 Å². The molecule has 1 N–H and O–H groups in total. The predicted molar refractivity (Wildman–Crippen MR) is 142 cm³/mol. The van der Waals surface area contributed by atoms with E-state index in [1.54, 1.807) is 24.1 Å². The summed E-state index contributed by atoms with van der Waals surface area (Å²) in [6.07, 6.45) is 1.95. The topological polar surface area (TPSA) is 75.0 Å². The van der Waals surface area contributed by atoms with Gasteiger partial charge in [0.05, 0.1) is 18.7 Å². The Hall–Kier alpha value is -3.58. The summed E-state index contributed by atoms with van der Waals surface area (Å²) in [6.45, 7) is 7.13. The smallest absolute Gasteiger partial charge is 0.295 e. The first-order valence-electron chi connectivity index (χ1n) is 12.1. The molecule has 0 spiro atoms. The van der Waals surface area contributed by atoms with Gasteiger partial charge in [-0.2, -0.15) is 0 Å². The predicted octanol–water partition coefficient (Wildman–Crippen LogP) is 4.47. The number of rotatable bonds is 6. The van der Waals surface area contributed by atoms with Crippen molar-refractivity contribution in [2.24, 2.45) is 7.05 Å². The van der Waals surface area contributed by atoms with Crippen molar-refractivity contribution in [2.75, 3.05) is 34.3 Å². The number of benzene rings is 2. The molecule has 1 amide bonds. The van der Waals surface area contributed by atoms with Crippen LogP contribution >= 0.6 is 0 Å². The van der Waals surface area contributed by atoms with E-state index in [9.17, 15) is 14.7 Å². The number of ether oxygens (including phenoxy) is 1. The van der Waals surface area contributed by atoms with Gasteiger partial charge in [-0.3, -0.25) is 9.59 Å². The lowest BCUT2D eigenvalue weighted by atomic mass is 9.84. The summed E-state index contributed by atoms with van der Waals surface area (Å²) in [4.78, 5) is 30.3. The van der Waals surface area contributed by atoms with Crippen molar-refractivity contribution in [3.05, 3.63) is 70.9 Å². The zero-order valence-electron chi connectivity index (χ0n) is 22.1. The van der Waals surface area contributed by atoms with Crippen molar-refractivity contribution in [1.82, 2.24) is 14.4 Å². The SMILES string of the molecule is COc1ccc(/C(O)=C2\C(=O)C(=O)N(CCN(C)C)C2c2cn(C)c3ccccc23)cc1C(C)(C)C. The molecule has 1 unspecified atom stereocenters. The lowest BCUT2D eigenvalue weighted by Crippen LogP contribution is -2.35. The number of amides is 1. The normalized spacial score (nSPS) is 18.0. The molecule has 36 heavy (non-hydrogen) atoms. The molecule has 1 saturated heterocycles. The summed E-state index contributed by atoms with van der Waals surface area (Å²) in [5.74, 6) is -0.735. The fraction of sp³-hybridized carbons (Fsp3) is 0.379. The highest BCUT2D eigenvalue weighted by atomic mass is 16.5. The van der Waals surface area contributed by atoms with Crippen LogP contribution in [0.1, 0.15) is 43.5 Å². The van der Waals surface area contributed by atoms with E-state index >= 15 is 0 Å². The Bertz CT molecular complexity index is 1360. The number of para-hydroxylation sites is 1. The number of aromatic nitrogens is 1. The molecular weight excluding hydrogens is 454 g/mol. The summed E-state index contributed by atoms with van der Waals surface area (Å²) in [6, 6.07) is 12.6. The third kappa shape index (κ3) is 4.39. The van der Waals surface area contributed by atoms with Gasteiger partial charge in [-0.25, -0.2) is 0 Å². The molecule has 3 aromatic rings. The minimum atomic E-state index is -0.698. The monoisotopic (exact) mass is 489 g/mol. The first kappa shape index (κ1) is 25.5. The first-order valence-corrected chi connectivity index (χ1v) is 12.1. The molecule has 1 aliphatic rings. The molecule has 0 radical (unpaired) electrons. The largest absolute Gasteiger partial charge is 0.507 e. The van der Waals surface area contributed by atoms with E-state index in [2.05, 4.69) is 20.8 Å². The summed E-state index contributed by atoms with van der Waals surface area (Å²) in [7, 11) is 7.40. The molecule has 7 heteroatoms. The second-order valence-electron chi connectivity index (χ2n) is 10.7. The van der Waals surface area contributed by atoms with Crippen LogP contribution in [0.3, 0.4) is 0 Å². The summed E-state index contributed by atoms with van der Waals surface area (Å²) < 4.78 is 7.54. The Morgan fingerprint density at radius 2 is 1.81 bits per heavy atom. The van der Waals surface area contributed by atoms with E-state index in [0.717, 1.165) is 22.0 Å². The fourth-order valence-electron chi connectivity index (χ4n) is 4.93. The standard InChI is InChI=1S/C29H35N3O4/c1-29(2,3)21-16-18(12-13-23(21)36-7)26(33)24-25(32(15-14-30(4)5)28(35)27(24)34)20-17-31(6)22-11-9-8-10-19(20)22/h8-13,16-17,25,33H,14-15H2,1-7H3/b26-24+. The van der Waals surface area contributed by atoms with Crippen molar-refractivity contribution in [2.45, 2.75) is 32.2 Å². The third-order valence-corrected chi connectivity index (χ3v) is 6.83. The molecule has 2 heterocycles. The molecule has 4 rings (SSSR count). The second-order valence-corrected chi connectivity index (χ2v) is 10.7. The Balaban J connectivity index is 1.96. The van der Waals surface area contributed by atoms with Crippen LogP contribution in [-0.2, 0) is 22.1 Å². The van der Waals surface area contributed by atoms with E-state index in [1.807, 2.05) is 67.1 Å². The molecule has 0 bridgehead atoms. The Morgan fingerprint density at radius 1 is 1.11 bits per heavy atom. The number of aliphatic hydroxyl groups excluding tert-OH is 1. The maximum Gasteiger partial charge on any atom is 0.295 e. The molecule has 7 nitrogen and oxygen atoms in total. The number of Topliss-reactive ketones (excluding diaryl/α,β-unsaturated/α-hetero) is 1. The van der Waals surface area contributed by atoms with Gasteiger partial charge in [0, 0.05) is 53.9 Å². The van der Waals surface area contributed by atoms with Crippen molar-refractivity contribution in [3.8, 4) is 5.75 Å². The quantitative estimate of drug-likeness (QED) is 0.314. The number of aryl methyl sites for hydroxylation is 1. The van der Waals surface area contributed by atoms with Crippen LogP contribution in [0.25, 0.3) is 16.7 Å². The van der Waals surface area contributed by atoms with Gasteiger partial charge in [0.25, 0.3) is 11.7 Å². The van der Waals surface area contributed by atoms with E-state index in [-0.39, 0.29) is 16.7 Å². The van der Waals surface area contributed by atoms with Gasteiger partial charge in [-0.15, -0.1) is 0 Å². The van der Waals surface area contributed by atoms with Gasteiger partial charge >= 0.3 is 0 Å². The second kappa shape index (κ2) is 9.47.